The molecule has 94 valence electrons. The predicted octanol–water partition coefficient (Wildman–Crippen LogP) is 4.24. The molecule has 1 N–H and O–H groups in total. The molecule has 0 spiro atoms. The van der Waals surface area contributed by atoms with Gasteiger partial charge in [-0.1, -0.05) is 58.3 Å². The van der Waals surface area contributed by atoms with E-state index >= 15 is 0 Å². The highest BCUT2D eigenvalue weighted by Gasteiger charge is 2.21. The molecule has 1 fully saturated rings. The van der Waals surface area contributed by atoms with Crippen LogP contribution < -0.4 is 0 Å². The number of carbonyl (C=O) groups is 1. The zero-order chi connectivity index (χ0) is 11.8. The molecule has 2 heteroatoms. The highest BCUT2D eigenvalue weighted by atomic mass is 16.4. The molecule has 0 unspecified atom stereocenters. The van der Waals surface area contributed by atoms with Gasteiger partial charge in [-0.3, -0.25) is 4.79 Å². The van der Waals surface area contributed by atoms with Gasteiger partial charge in [0.25, 0.3) is 0 Å². The first-order valence-electron chi connectivity index (χ1n) is 6.94. The Morgan fingerprint density at radius 1 is 1.06 bits per heavy atom. The summed E-state index contributed by atoms with van der Waals surface area (Å²) in [5, 5.41) is 8.64. The van der Waals surface area contributed by atoms with E-state index in [9.17, 15) is 4.79 Å². The smallest absolute Gasteiger partial charge is 0.303 e. The van der Waals surface area contributed by atoms with Crippen LogP contribution in [0.25, 0.3) is 0 Å². The number of carboxylic acid groups (broad SMARTS) is 1. The van der Waals surface area contributed by atoms with Crippen molar-refractivity contribution in [3.8, 4) is 0 Å². The van der Waals surface area contributed by atoms with Crippen LogP contribution in [-0.2, 0) is 4.79 Å². The molecule has 0 aromatic carbocycles. The highest BCUT2D eigenvalue weighted by Crippen LogP contribution is 2.34. The summed E-state index contributed by atoms with van der Waals surface area (Å²) in [6.45, 7) is 2.25. The van der Waals surface area contributed by atoms with Crippen LogP contribution in [0.3, 0.4) is 0 Å². The number of hydrogen-bond donors (Lipinski definition) is 1. The summed E-state index contributed by atoms with van der Waals surface area (Å²) in [5.41, 5.74) is 0. The molecule has 1 aliphatic rings. The monoisotopic (exact) mass is 226 g/mol. The lowest BCUT2D eigenvalue weighted by Crippen LogP contribution is -2.15. The summed E-state index contributed by atoms with van der Waals surface area (Å²) in [7, 11) is 0. The highest BCUT2D eigenvalue weighted by molar-refractivity contribution is 5.66. The van der Waals surface area contributed by atoms with Crippen molar-refractivity contribution in [1.82, 2.24) is 0 Å². The Morgan fingerprint density at radius 3 is 2.12 bits per heavy atom. The van der Waals surface area contributed by atoms with Crippen molar-refractivity contribution in [3.63, 3.8) is 0 Å². The maximum atomic E-state index is 10.5. The molecular weight excluding hydrogens is 200 g/mol. The van der Waals surface area contributed by atoms with Gasteiger partial charge in [0, 0.05) is 6.42 Å². The predicted molar refractivity (Wildman–Crippen MR) is 66.5 cm³/mol. The van der Waals surface area contributed by atoms with E-state index in [4.69, 9.17) is 5.11 Å². The fourth-order valence-electron chi connectivity index (χ4n) is 2.82. The average molecular weight is 226 g/mol. The molecule has 0 aromatic heterocycles. The lowest BCUT2D eigenvalue weighted by atomic mass is 9.78. The van der Waals surface area contributed by atoms with Crippen LogP contribution in [0, 0.1) is 11.8 Å². The summed E-state index contributed by atoms with van der Waals surface area (Å²) in [6, 6.07) is 0. The first-order valence-corrected chi connectivity index (χ1v) is 6.94. The van der Waals surface area contributed by atoms with Crippen LogP contribution in [0.15, 0.2) is 0 Å². The fourth-order valence-corrected chi connectivity index (χ4v) is 2.82. The van der Waals surface area contributed by atoms with Gasteiger partial charge in [0.15, 0.2) is 0 Å². The Morgan fingerprint density at radius 2 is 1.62 bits per heavy atom. The standard InChI is InChI=1S/C14H26O2/c1-2-3-4-5-12-6-8-13(9-7-12)10-11-14(15)16/h12-13H,2-11H2,1H3,(H,15,16)/t12-,13-. The molecule has 0 saturated heterocycles. The Kier molecular flexibility index (Phi) is 6.51. The molecule has 0 bridgehead atoms. The third-order valence-corrected chi connectivity index (χ3v) is 3.95. The Balaban J connectivity index is 2.06. The van der Waals surface area contributed by atoms with E-state index < -0.39 is 5.97 Å². The summed E-state index contributed by atoms with van der Waals surface area (Å²) in [5.74, 6) is 0.997. The minimum Gasteiger partial charge on any atom is -0.481 e. The molecule has 1 saturated carbocycles. The van der Waals surface area contributed by atoms with Crippen LogP contribution in [0.2, 0.25) is 0 Å². The largest absolute Gasteiger partial charge is 0.481 e. The van der Waals surface area contributed by atoms with Gasteiger partial charge < -0.3 is 5.11 Å². The average Bonchev–Trinajstić information content (AvgIpc) is 2.28. The van der Waals surface area contributed by atoms with Crippen molar-refractivity contribution in [2.45, 2.75) is 71.1 Å². The van der Waals surface area contributed by atoms with Gasteiger partial charge in [0.1, 0.15) is 0 Å². The zero-order valence-corrected chi connectivity index (χ0v) is 10.6. The fraction of sp³-hybridized carbons (Fsp3) is 0.929. The van der Waals surface area contributed by atoms with E-state index in [-0.39, 0.29) is 0 Å². The molecule has 1 rings (SSSR count). The van der Waals surface area contributed by atoms with E-state index in [1.54, 1.807) is 0 Å². The normalized spacial score (nSPS) is 25.6. The zero-order valence-electron chi connectivity index (χ0n) is 10.6. The van der Waals surface area contributed by atoms with Crippen molar-refractivity contribution >= 4 is 5.97 Å². The van der Waals surface area contributed by atoms with Crippen molar-refractivity contribution in [2.24, 2.45) is 11.8 Å². The third-order valence-electron chi connectivity index (χ3n) is 3.95. The van der Waals surface area contributed by atoms with Gasteiger partial charge in [-0.15, -0.1) is 0 Å². The second-order valence-electron chi connectivity index (χ2n) is 5.31. The van der Waals surface area contributed by atoms with Gasteiger partial charge in [0.05, 0.1) is 0 Å². The molecular formula is C14H26O2. The van der Waals surface area contributed by atoms with E-state index in [0.29, 0.717) is 12.3 Å². The molecule has 0 amide bonds. The number of carboxylic acids is 1. The maximum absolute atomic E-state index is 10.5. The van der Waals surface area contributed by atoms with Crippen molar-refractivity contribution < 1.29 is 9.90 Å². The Labute approximate surface area is 99.4 Å². The minimum atomic E-state index is -0.634. The first-order chi connectivity index (χ1) is 7.72. The molecule has 0 heterocycles. The first kappa shape index (κ1) is 13.5. The lowest BCUT2D eigenvalue weighted by Gasteiger charge is -2.28. The van der Waals surface area contributed by atoms with E-state index in [1.165, 1.54) is 51.4 Å². The summed E-state index contributed by atoms with van der Waals surface area (Å²) >= 11 is 0. The number of aliphatic carboxylic acids is 1. The number of rotatable bonds is 7. The van der Waals surface area contributed by atoms with Gasteiger partial charge >= 0.3 is 5.97 Å². The van der Waals surface area contributed by atoms with E-state index in [2.05, 4.69) is 6.92 Å². The Hall–Kier alpha value is -0.530. The topological polar surface area (TPSA) is 37.3 Å². The van der Waals surface area contributed by atoms with Crippen LogP contribution in [0.5, 0.6) is 0 Å². The molecule has 0 atom stereocenters. The van der Waals surface area contributed by atoms with Gasteiger partial charge in [0.2, 0.25) is 0 Å². The maximum Gasteiger partial charge on any atom is 0.303 e. The molecule has 0 radical (unpaired) electrons. The van der Waals surface area contributed by atoms with Crippen LogP contribution in [0.4, 0.5) is 0 Å². The summed E-state index contributed by atoms with van der Waals surface area (Å²) in [4.78, 5) is 10.5. The Bertz CT molecular complexity index is 193. The SMILES string of the molecule is CCCCC[C@H]1CC[C@H](CCC(=O)O)CC1. The van der Waals surface area contributed by atoms with Gasteiger partial charge in [-0.2, -0.15) is 0 Å². The van der Waals surface area contributed by atoms with E-state index in [0.717, 1.165) is 12.3 Å². The minimum absolute atomic E-state index is 0.366. The molecule has 2 nitrogen and oxygen atoms in total. The number of hydrogen-bond acceptors (Lipinski definition) is 1. The molecule has 0 aliphatic heterocycles. The van der Waals surface area contributed by atoms with Crippen molar-refractivity contribution in [1.29, 1.82) is 0 Å². The quantitative estimate of drug-likeness (QED) is 0.659. The van der Waals surface area contributed by atoms with E-state index in [1.807, 2.05) is 0 Å². The van der Waals surface area contributed by atoms with Gasteiger partial charge in [-0.05, 0) is 18.3 Å². The second kappa shape index (κ2) is 7.70. The molecule has 0 aromatic rings. The number of unbranched alkanes of at least 4 members (excludes halogenated alkanes) is 2. The molecule has 1 aliphatic carbocycles. The summed E-state index contributed by atoms with van der Waals surface area (Å²) in [6.07, 6.45) is 12.0. The third kappa shape index (κ3) is 5.53. The van der Waals surface area contributed by atoms with Crippen LogP contribution >= 0.6 is 0 Å². The summed E-state index contributed by atoms with van der Waals surface area (Å²) < 4.78 is 0. The van der Waals surface area contributed by atoms with Crippen LogP contribution in [-0.4, -0.2) is 11.1 Å². The molecule has 16 heavy (non-hydrogen) atoms. The lowest BCUT2D eigenvalue weighted by molar-refractivity contribution is -0.137. The second-order valence-corrected chi connectivity index (χ2v) is 5.31. The van der Waals surface area contributed by atoms with Crippen LogP contribution in [0.1, 0.15) is 71.1 Å². The van der Waals surface area contributed by atoms with Crippen molar-refractivity contribution in [3.05, 3.63) is 0 Å². The van der Waals surface area contributed by atoms with Crippen molar-refractivity contribution in [2.75, 3.05) is 0 Å². The van der Waals surface area contributed by atoms with Gasteiger partial charge in [-0.25, -0.2) is 0 Å².